The molecule has 2 N–H and O–H groups in total. The standard InChI is InChI=1S/C19H22N2O4/c1-11(2)13-8-14(16(22)9-18(13)23-3)15(21-20)6-12-4-5-17-19(7-12)25-10-24-17/h4-5,7-9,11,15,20,22H,6,10H2,1-3H3. The second-order valence-corrected chi connectivity index (χ2v) is 6.34. The summed E-state index contributed by atoms with van der Waals surface area (Å²) < 4.78 is 16.1. The topological polar surface area (TPSA) is 84.1 Å². The van der Waals surface area contributed by atoms with E-state index in [-0.39, 0.29) is 18.5 Å². The van der Waals surface area contributed by atoms with Crippen LogP contribution in [0.2, 0.25) is 0 Å². The second kappa shape index (κ2) is 7.01. The Bertz CT molecular complexity index is 789. The minimum absolute atomic E-state index is 0.0861. The molecule has 1 aliphatic heterocycles. The Hall–Kier alpha value is -2.76. The molecule has 2 aromatic rings. The van der Waals surface area contributed by atoms with Crippen LogP contribution in [-0.4, -0.2) is 19.0 Å². The van der Waals surface area contributed by atoms with Crippen LogP contribution in [-0.2, 0) is 6.42 Å². The SMILES string of the molecule is COc1cc(O)c(C(Cc2ccc3c(c2)OCO3)N=N)cc1C(C)C. The fourth-order valence-corrected chi connectivity index (χ4v) is 3.01. The number of benzene rings is 2. The summed E-state index contributed by atoms with van der Waals surface area (Å²) >= 11 is 0. The van der Waals surface area contributed by atoms with Crippen molar-refractivity contribution in [2.24, 2.45) is 5.11 Å². The number of hydrogen-bond donors (Lipinski definition) is 2. The van der Waals surface area contributed by atoms with Gasteiger partial charge in [-0.3, -0.25) is 0 Å². The maximum absolute atomic E-state index is 10.4. The van der Waals surface area contributed by atoms with Gasteiger partial charge in [0.1, 0.15) is 17.5 Å². The van der Waals surface area contributed by atoms with E-state index in [1.54, 1.807) is 13.2 Å². The minimum atomic E-state index is -0.483. The highest BCUT2D eigenvalue weighted by molar-refractivity contribution is 5.49. The summed E-state index contributed by atoms with van der Waals surface area (Å²) in [5.74, 6) is 2.37. The fraction of sp³-hybridized carbons (Fsp3) is 0.368. The van der Waals surface area contributed by atoms with Gasteiger partial charge in [-0.15, -0.1) is 0 Å². The van der Waals surface area contributed by atoms with Gasteiger partial charge in [-0.1, -0.05) is 19.9 Å². The fourth-order valence-electron chi connectivity index (χ4n) is 3.01. The third-order valence-electron chi connectivity index (χ3n) is 4.38. The Morgan fingerprint density at radius 3 is 2.60 bits per heavy atom. The summed E-state index contributed by atoms with van der Waals surface area (Å²) in [7, 11) is 1.58. The van der Waals surface area contributed by atoms with Crippen molar-refractivity contribution in [2.45, 2.75) is 32.2 Å². The molecule has 3 rings (SSSR count). The summed E-state index contributed by atoms with van der Waals surface area (Å²) in [4.78, 5) is 0. The number of ether oxygens (including phenoxy) is 3. The van der Waals surface area contributed by atoms with E-state index in [0.29, 0.717) is 23.5 Å². The average Bonchev–Trinajstić information content (AvgIpc) is 3.07. The molecule has 0 bridgehead atoms. The lowest BCUT2D eigenvalue weighted by Gasteiger charge is -2.18. The molecule has 0 saturated heterocycles. The van der Waals surface area contributed by atoms with Crippen molar-refractivity contribution >= 4 is 0 Å². The third kappa shape index (κ3) is 3.38. The Morgan fingerprint density at radius 2 is 1.92 bits per heavy atom. The van der Waals surface area contributed by atoms with Gasteiger partial charge in [0.15, 0.2) is 11.5 Å². The summed E-state index contributed by atoms with van der Waals surface area (Å²) in [6, 6.07) is 8.67. The molecule has 2 aromatic carbocycles. The average molecular weight is 342 g/mol. The molecule has 6 nitrogen and oxygen atoms in total. The number of nitrogens with zero attached hydrogens (tertiary/aromatic N) is 1. The number of fused-ring (bicyclic) bond motifs is 1. The van der Waals surface area contributed by atoms with Gasteiger partial charge in [-0.2, -0.15) is 5.11 Å². The van der Waals surface area contributed by atoms with Crippen LogP contribution in [0.15, 0.2) is 35.4 Å². The first-order valence-corrected chi connectivity index (χ1v) is 8.19. The zero-order valence-corrected chi connectivity index (χ0v) is 14.6. The quantitative estimate of drug-likeness (QED) is 0.753. The predicted octanol–water partition coefficient (Wildman–Crippen LogP) is 4.57. The van der Waals surface area contributed by atoms with E-state index >= 15 is 0 Å². The molecule has 1 aliphatic rings. The lowest BCUT2D eigenvalue weighted by Crippen LogP contribution is -2.03. The van der Waals surface area contributed by atoms with Gasteiger partial charge in [-0.25, -0.2) is 5.53 Å². The molecule has 0 saturated carbocycles. The van der Waals surface area contributed by atoms with Gasteiger partial charge in [0.05, 0.1) is 7.11 Å². The maximum Gasteiger partial charge on any atom is 0.231 e. The molecule has 0 amide bonds. The van der Waals surface area contributed by atoms with Crippen LogP contribution in [0.1, 0.15) is 42.5 Å². The summed E-state index contributed by atoms with van der Waals surface area (Å²) in [5, 5.41) is 14.1. The summed E-state index contributed by atoms with van der Waals surface area (Å²) in [5.41, 5.74) is 10.2. The molecule has 0 aliphatic carbocycles. The monoisotopic (exact) mass is 342 g/mol. The lowest BCUT2D eigenvalue weighted by molar-refractivity contribution is 0.174. The number of aromatic hydroxyl groups is 1. The van der Waals surface area contributed by atoms with Gasteiger partial charge in [-0.05, 0) is 35.2 Å². The van der Waals surface area contributed by atoms with Crippen molar-refractivity contribution < 1.29 is 19.3 Å². The Kier molecular flexibility index (Phi) is 4.79. The first-order chi connectivity index (χ1) is 12.0. The molecule has 0 radical (unpaired) electrons. The first-order valence-electron chi connectivity index (χ1n) is 8.19. The Balaban J connectivity index is 1.93. The summed E-state index contributed by atoms with van der Waals surface area (Å²) in [6.07, 6.45) is 0.484. The Morgan fingerprint density at radius 1 is 1.16 bits per heavy atom. The molecule has 1 heterocycles. The second-order valence-electron chi connectivity index (χ2n) is 6.34. The van der Waals surface area contributed by atoms with Crippen LogP contribution in [0, 0.1) is 5.53 Å². The Labute approximate surface area is 146 Å². The number of phenolic OH excluding ortho intramolecular Hbond substituents is 1. The van der Waals surface area contributed by atoms with Crippen LogP contribution in [0.5, 0.6) is 23.0 Å². The molecule has 0 spiro atoms. The molecule has 0 aromatic heterocycles. The molecular formula is C19H22N2O4. The van der Waals surface area contributed by atoms with E-state index in [1.165, 1.54) is 0 Å². The van der Waals surface area contributed by atoms with E-state index < -0.39 is 6.04 Å². The highest BCUT2D eigenvalue weighted by Gasteiger charge is 2.21. The van der Waals surface area contributed by atoms with Crippen LogP contribution >= 0.6 is 0 Å². The number of methoxy groups -OCH3 is 1. The maximum atomic E-state index is 10.4. The zero-order chi connectivity index (χ0) is 18.0. The van der Waals surface area contributed by atoms with Crippen molar-refractivity contribution in [2.75, 3.05) is 13.9 Å². The van der Waals surface area contributed by atoms with E-state index in [0.717, 1.165) is 16.9 Å². The van der Waals surface area contributed by atoms with Crippen LogP contribution < -0.4 is 14.2 Å². The highest BCUT2D eigenvalue weighted by Crippen LogP contribution is 2.39. The summed E-state index contributed by atoms with van der Waals surface area (Å²) in [6.45, 7) is 4.34. The highest BCUT2D eigenvalue weighted by atomic mass is 16.7. The molecular weight excluding hydrogens is 320 g/mol. The third-order valence-corrected chi connectivity index (χ3v) is 4.38. The van der Waals surface area contributed by atoms with E-state index in [2.05, 4.69) is 19.0 Å². The van der Waals surface area contributed by atoms with E-state index in [1.807, 2.05) is 24.3 Å². The minimum Gasteiger partial charge on any atom is -0.507 e. The van der Waals surface area contributed by atoms with Gasteiger partial charge in [0, 0.05) is 18.1 Å². The first kappa shape index (κ1) is 17.1. The number of hydrogen-bond acceptors (Lipinski definition) is 6. The molecule has 25 heavy (non-hydrogen) atoms. The zero-order valence-electron chi connectivity index (χ0n) is 14.6. The van der Waals surface area contributed by atoms with Gasteiger partial charge >= 0.3 is 0 Å². The smallest absolute Gasteiger partial charge is 0.231 e. The lowest BCUT2D eigenvalue weighted by atomic mass is 9.93. The largest absolute Gasteiger partial charge is 0.507 e. The molecule has 6 heteroatoms. The normalized spacial score (nSPS) is 13.8. The van der Waals surface area contributed by atoms with Crippen molar-refractivity contribution in [3.8, 4) is 23.0 Å². The van der Waals surface area contributed by atoms with Gasteiger partial charge in [0.2, 0.25) is 6.79 Å². The number of rotatable bonds is 6. The van der Waals surface area contributed by atoms with Gasteiger partial charge in [0.25, 0.3) is 0 Å². The predicted molar refractivity (Wildman–Crippen MR) is 92.9 cm³/mol. The van der Waals surface area contributed by atoms with Gasteiger partial charge < -0.3 is 19.3 Å². The van der Waals surface area contributed by atoms with E-state index in [4.69, 9.17) is 19.7 Å². The number of nitrogens with one attached hydrogen (secondary N) is 1. The molecule has 132 valence electrons. The van der Waals surface area contributed by atoms with Crippen molar-refractivity contribution in [3.63, 3.8) is 0 Å². The van der Waals surface area contributed by atoms with E-state index in [9.17, 15) is 5.11 Å². The van der Waals surface area contributed by atoms with Crippen molar-refractivity contribution in [3.05, 3.63) is 47.0 Å². The number of phenols is 1. The molecule has 1 atom stereocenters. The van der Waals surface area contributed by atoms with Crippen molar-refractivity contribution in [1.82, 2.24) is 0 Å². The molecule has 0 fully saturated rings. The van der Waals surface area contributed by atoms with Crippen LogP contribution in [0.25, 0.3) is 0 Å². The van der Waals surface area contributed by atoms with Crippen molar-refractivity contribution in [1.29, 1.82) is 5.53 Å². The molecule has 1 unspecified atom stereocenters. The van der Waals surface area contributed by atoms with Crippen LogP contribution in [0.3, 0.4) is 0 Å². The van der Waals surface area contributed by atoms with Crippen LogP contribution in [0.4, 0.5) is 0 Å².